The Hall–Kier alpha value is -3.04. The maximum absolute atomic E-state index is 12.8. The minimum atomic E-state index is -4.77. The number of alkyl halides is 3. The Morgan fingerprint density at radius 2 is 1.88 bits per heavy atom. The molecule has 0 spiro atoms. The van der Waals surface area contributed by atoms with E-state index in [2.05, 4.69) is 0 Å². The van der Waals surface area contributed by atoms with Gasteiger partial charge in [-0.3, -0.25) is 24.5 Å². The largest absolute Gasteiger partial charge is 0.481 e. The highest BCUT2D eigenvalue weighted by Gasteiger charge is 2.34. The molecule has 1 fully saturated rings. The van der Waals surface area contributed by atoms with Crippen LogP contribution in [0.5, 0.6) is 0 Å². The van der Waals surface area contributed by atoms with Gasteiger partial charge in [-0.05, 0) is 43.4 Å². The number of ketones is 2. The van der Waals surface area contributed by atoms with Crippen LogP contribution in [0.15, 0.2) is 30.4 Å². The molecule has 0 saturated heterocycles. The van der Waals surface area contributed by atoms with Gasteiger partial charge < -0.3 is 5.11 Å². The second-order valence-electron chi connectivity index (χ2n) is 7.83. The molecule has 7 nitrogen and oxygen atoms in total. The summed E-state index contributed by atoms with van der Waals surface area (Å²) >= 11 is 0. The minimum Gasteiger partial charge on any atom is -0.481 e. The summed E-state index contributed by atoms with van der Waals surface area (Å²) in [5, 5.41) is 19.8. The lowest BCUT2D eigenvalue weighted by atomic mass is 9.89. The third-order valence-electron chi connectivity index (χ3n) is 5.59. The fourth-order valence-corrected chi connectivity index (χ4v) is 3.90. The average Bonchev–Trinajstić information content (AvgIpc) is 3.06. The number of carboxylic acid groups (broad SMARTS) is 1. The first-order valence-electron chi connectivity index (χ1n) is 10.3. The van der Waals surface area contributed by atoms with Crippen LogP contribution < -0.4 is 0 Å². The van der Waals surface area contributed by atoms with Gasteiger partial charge in [-0.2, -0.15) is 13.2 Å². The summed E-state index contributed by atoms with van der Waals surface area (Å²) in [6.45, 7) is 0. The Balaban J connectivity index is 2.03. The SMILES string of the molecule is O=C(O)CCCCCCC1C(=O)CCC1/C=C/C(=O)c1ccc(C(F)(F)F)cc1[N+](=O)[O-]. The van der Waals surface area contributed by atoms with E-state index in [0.29, 0.717) is 37.8 Å². The third-order valence-corrected chi connectivity index (χ3v) is 5.59. The molecule has 2 unspecified atom stereocenters. The lowest BCUT2D eigenvalue weighted by Gasteiger charge is -2.14. The summed E-state index contributed by atoms with van der Waals surface area (Å²) in [4.78, 5) is 45.3. The summed E-state index contributed by atoms with van der Waals surface area (Å²) in [6.07, 6.45) is 2.25. The van der Waals surface area contributed by atoms with E-state index >= 15 is 0 Å². The molecule has 0 aliphatic heterocycles. The Morgan fingerprint density at radius 3 is 2.50 bits per heavy atom. The van der Waals surface area contributed by atoms with Crippen molar-refractivity contribution in [3.8, 4) is 0 Å². The van der Waals surface area contributed by atoms with E-state index in [4.69, 9.17) is 5.11 Å². The van der Waals surface area contributed by atoms with Gasteiger partial charge in [0.25, 0.3) is 5.69 Å². The van der Waals surface area contributed by atoms with Crippen molar-refractivity contribution < 1.29 is 37.6 Å². The molecule has 32 heavy (non-hydrogen) atoms. The predicted molar refractivity (Wildman–Crippen MR) is 108 cm³/mol. The lowest BCUT2D eigenvalue weighted by molar-refractivity contribution is -0.385. The number of carbonyl (C=O) groups is 3. The minimum absolute atomic E-state index is 0.0677. The maximum Gasteiger partial charge on any atom is 0.416 e. The second kappa shape index (κ2) is 11.0. The van der Waals surface area contributed by atoms with Gasteiger partial charge in [-0.15, -0.1) is 0 Å². The highest BCUT2D eigenvalue weighted by molar-refractivity contribution is 6.07. The number of nitro benzene ring substituents is 1. The quantitative estimate of drug-likeness (QED) is 0.158. The molecule has 2 rings (SSSR count). The van der Waals surface area contributed by atoms with Crippen molar-refractivity contribution in [2.45, 2.75) is 57.5 Å². The first-order chi connectivity index (χ1) is 15.0. The Morgan fingerprint density at radius 1 is 1.19 bits per heavy atom. The zero-order valence-corrected chi connectivity index (χ0v) is 17.3. The number of nitrogens with zero attached hydrogens (tertiary/aromatic N) is 1. The van der Waals surface area contributed by atoms with Crippen molar-refractivity contribution in [1.82, 2.24) is 0 Å². The number of halogens is 3. The Bertz CT molecular complexity index is 909. The summed E-state index contributed by atoms with van der Waals surface area (Å²) in [7, 11) is 0. The van der Waals surface area contributed by atoms with Gasteiger partial charge in [0.1, 0.15) is 5.78 Å². The van der Waals surface area contributed by atoms with Gasteiger partial charge in [-0.1, -0.05) is 25.3 Å². The van der Waals surface area contributed by atoms with Crippen LogP contribution in [0.3, 0.4) is 0 Å². The fraction of sp³-hybridized carbons (Fsp3) is 0.500. The molecule has 1 aliphatic rings. The van der Waals surface area contributed by atoms with Crippen LogP contribution in [-0.2, 0) is 15.8 Å². The van der Waals surface area contributed by atoms with E-state index in [1.807, 2.05) is 0 Å². The number of benzene rings is 1. The van der Waals surface area contributed by atoms with Crippen LogP contribution >= 0.6 is 0 Å². The zero-order valence-electron chi connectivity index (χ0n) is 17.3. The summed E-state index contributed by atoms with van der Waals surface area (Å²) in [5.41, 5.74) is -2.58. The van der Waals surface area contributed by atoms with Crippen molar-refractivity contribution in [3.63, 3.8) is 0 Å². The van der Waals surface area contributed by atoms with E-state index in [9.17, 15) is 37.7 Å². The van der Waals surface area contributed by atoms with E-state index in [1.54, 1.807) is 0 Å². The van der Waals surface area contributed by atoms with Gasteiger partial charge in [-0.25, -0.2) is 0 Å². The second-order valence-corrected chi connectivity index (χ2v) is 7.83. The van der Waals surface area contributed by atoms with E-state index < -0.39 is 39.7 Å². The predicted octanol–water partition coefficient (Wildman–Crippen LogP) is 5.37. The molecule has 1 aromatic carbocycles. The molecule has 10 heteroatoms. The average molecular weight is 455 g/mol. The van der Waals surface area contributed by atoms with Crippen molar-refractivity contribution in [1.29, 1.82) is 0 Å². The third kappa shape index (κ3) is 7.00. The first kappa shape index (κ1) is 25.2. The summed E-state index contributed by atoms with van der Waals surface area (Å²) in [5.74, 6) is -2.09. The topological polar surface area (TPSA) is 115 Å². The molecule has 1 aliphatic carbocycles. The fourth-order valence-electron chi connectivity index (χ4n) is 3.90. The highest BCUT2D eigenvalue weighted by atomic mass is 19.4. The van der Waals surface area contributed by atoms with Crippen LogP contribution in [0.25, 0.3) is 0 Å². The highest BCUT2D eigenvalue weighted by Crippen LogP contribution is 2.35. The number of carboxylic acids is 1. The smallest absolute Gasteiger partial charge is 0.416 e. The number of rotatable bonds is 11. The number of allylic oxidation sites excluding steroid dienone is 2. The molecule has 0 radical (unpaired) electrons. The van der Waals surface area contributed by atoms with E-state index in [1.165, 1.54) is 6.08 Å². The standard InChI is InChI=1S/C22H24F3NO6/c23-22(24,25)15-9-10-17(18(13-15)26(31)32)20(28)12-8-14-7-11-19(27)16(14)5-3-1-2-4-6-21(29)30/h8-10,12-14,16H,1-7,11H2,(H,29,30)/b12-8+. The molecular formula is C22H24F3NO6. The molecule has 1 aromatic rings. The number of hydrogen-bond donors (Lipinski definition) is 1. The van der Waals surface area contributed by atoms with E-state index in [0.717, 1.165) is 31.4 Å². The molecular weight excluding hydrogens is 431 g/mol. The first-order valence-corrected chi connectivity index (χ1v) is 10.3. The van der Waals surface area contributed by atoms with Crippen molar-refractivity contribution >= 4 is 23.2 Å². The normalized spacial score (nSPS) is 18.9. The number of nitro groups is 1. The van der Waals surface area contributed by atoms with Crippen LogP contribution in [0.4, 0.5) is 18.9 Å². The van der Waals surface area contributed by atoms with Gasteiger partial charge in [0.15, 0.2) is 5.78 Å². The summed E-state index contributed by atoms with van der Waals surface area (Å²) in [6, 6.07) is 1.76. The van der Waals surface area contributed by atoms with Gasteiger partial charge in [0, 0.05) is 24.8 Å². The molecule has 0 amide bonds. The lowest BCUT2D eigenvalue weighted by Crippen LogP contribution is -2.14. The summed E-state index contributed by atoms with van der Waals surface area (Å²) < 4.78 is 38.5. The van der Waals surface area contributed by atoms with Gasteiger partial charge in [0.2, 0.25) is 0 Å². The van der Waals surface area contributed by atoms with Crippen molar-refractivity contribution in [2.75, 3.05) is 0 Å². The zero-order chi connectivity index (χ0) is 23.9. The molecule has 174 valence electrons. The Kier molecular flexibility index (Phi) is 8.68. The number of carbonyl (C=O) groups excluding carboxylic acids is 2. The van der Waals surface area contributed by atoms with Crippen LogP contribution in [0.2, 0.25) is 0 Å². The molecule has 0 bridgehead atoms. The molecule has 0 aromatic heterocycles. The molecule has 2 atom stereocenters. The number of Topliss-reactive ketones (excluding diaryl/α,β-unsaturated/α-hetero) is 1. The maximum atomic E-state index is 12.8. The van der Waals surface area contributed by atoms with Crippen molar-refractivity contribution in [3.05, 3.63) is 51.6 Å². The number of aliphatic carboxylic acids is 1. The van der Waals surface area contributed by atoms with Gasteiger partial charge in [0.05, 0.1) is 16.1 Å². The molecule has 1 saturated carbocycles. The van der Waals surface area contributed by atoms with Crippen LogP contribution in [0.1, 0.15) is 67.3 Å². The van der Waals surface area contributed by atoms with Crippen LogP contribution in [-0.4, -0.2) is 27.6 Å². The number of hydrogen-bond acceptors (Lipinski definition) is 5. The Labute approximate surface area is 182 Å². The number of unbranched alkanes of at least 4 members (excludes halogenated alkanes) is 3. The monoisotopic (exact) mass is 455 g/mol. The van der Waals surface area contributed by atoms with Gasteiger partial charge >= 0.3 is 12.1 Å². The molecule has 1 N–H and O–H groups in total. The van der Waals surface area contributed by atoms with Crippen molar-refractivity contribution in [2.24, 2.45) is 11.8 Å². The molecule has 0 heterocycles. The van der Waals surface area contributed by atoms with Crippen LogP contribution in [0, 0.1) is 22.0 Å². The van der Waals surface area contributed by atoms with E-state index in [-0.39, 0.29) is 24.0 Å².